The van der Waals surface area contributed by atoms with Crippen molar-refractivity contribution < 1.29 is 0 Å². The van der Waals surface area contributed by atoms with Crippen molar-refractivity contribution in [1.29, 1.82) is 0 Å². The summed E-state index contributed by atoms with van der Waals surface area (Å²) in [5.74, 6) is 0. The molecular formula is C12H30N2. The predicted molar refractivity (Wildman–Crippen MR) is 66.9 cm³/mol. The SMILES string of the molecule is CCC.CNCCCCCCN(C)C. The Morgan fingerprint density at radius 2 is 1.43 bits per heavy atom. The van der Waals surface area contributed by atoms with Gasteiger partial charge in [0, 0.05) is 0 Å². The van der Waals surface area contributed by atoms with Gasteiger partial charge in [0.2, 0.25) is 0 Å². The van der Waals surface area contributed by atoms with Gasteiger partial charge >= 0.3 is 0 Å². The first-order valence-electron chi connectivity index (χ1n) is 5.98. The Kier molecular flexibility index (Phi) is 18.0. The summed E-state index contributed by atoms with van der Waals surface area (Å²) in [5, 5.41) is 3.16. The van der Waals surface area contributed by atoms with Gasteiger partial charge in [0.1, 0.15) is 0 Å². The lowest BCUT2D eigenvalue weighted by molar-refractivity contribution is 0.390. The van der Waals surface area contributed by atoms with Gasteiger partial charge in [0.25, 0.3) is 0 Å². The zero-order valence-electron chi connectivity index (χ0n) is 10.9. The third-order valence-electron chi connectivity index (χ3n) is 1.78. The summed E-state index contributed by atoms with van der Waals surface area (Å²) in [6.45, 7) is 6.65. The summed E-state index contributed by atoms with van der Waals surface area (Å²) in [4.78, 5) is 2.25. The fraction of sp³-hybridized carbons (Fsp3) is 1.00. The monoisotopic (exact) mass is 202 g/mol. The van der Waals surface area contributed by atoms with Gasteiger partial charge in [0.15, 0.2) is 0 Å². The van der Waals surface area contributed by atoms with Crippen molar-refractivity contribution in [3.05, 3.63) is 0 Å². The molecule has 0 aromatic heterocycles. The maximum atomic E-state index is 3.16. The zero-order chi connectivity index (χ0) is 11.2. The molecule has 0 aliphatic rings. The molecule has 0 spiro atoms. The van der Waals surface area contributed by atoms with Crippen molar-refractivity contribution in [1.82, 2.24) is 10.2 Å². The van der Waals surface area contributed by atoms with Gasteiger partial charge in [-0.05, 0) is 47.1 Å². The minimum Gasteiger partial charge on any atom is -0.320 e. The molecule has 2 heteroatoms. The van der Waals surface area contributed by atoms with Crippen LogP contribution in [0.1, 0.15) is 46.0 Å². The van der Waals surface area contributed by atoms with Crippen LogP contribution in [0.3, 0.4) is 0 Å². The van der Waals surface area contributed by atoms with Gasteiger partial charge in [-0.3, -0.25) is 0 Å². The normalized spacial score (nSPS) is 9.86. The van der Waals surface area contributed by atoms with E-state index in [4.69, 9.17) is 0 Å². The second-order valence-electron chi connectivity index (χ2n) is 4.03. The molecule has 1 N–H and O–H groups in total. The molecule has 0 bridgehead atoms. The molecule has 0 atom stereocenters. The molecule has 0 fully saturated rings. The lowest BCUT2D eigenvalue weighted by Crippen LogP contribution is -2.13. The van der Waals surface area contributed by atoms with Crippen LogP contribution in [-0.2, 0) is 0 Å². The lowest BCUT2D eigenvalue weighted by Gasteiger charge is -2.08. The molecule has 0 aliphatic carbocycles. The smallest absolute Gasteiger partial charge is 0.00248 e. The third kappa shape index (κ3) is 22.7. The summed E-state index contributed by atoms with van der Waals surface area (Å²) in [6.07, 6.45) is 6.66. The van der Waals surface area contributed by atoms with E-state index >= 15 is 0 Å². The molecule has 0 unspecified atom stereocenters. The number of nitrogens with one attached hydrogen (secondary N) is 1. The molecule has 0 rings (SSSR count). The highest BCUT2D eigenvalue weighted by molar-refractivity contribution is 4.47. The van der Waals surface area contributed by atoms with Crippen molar-refractivity contribution in [3.63, 3.8) is 0 Å². The van der Waals surface area contributed by atoms with Crippen LogP contribution in [0.4, 0.5) is 0 Å². The van der Waals surface area contributed by atoms with E-state index in [0.29, 0.717) is 0 Å². The summed E-state index contributed by atoms with van der Waals surface area (Å²) < 4.78 is 0. The molecule has 0 heterocycles. The Morgan fingerprint density at radius 1 is 0.929 bits per heavy atom. The molecule has 88 valence electrons. The van der Waals surface area contributed by atoms with Gasteiger partial charge in [-0.15, -0.1) is 0 Å². The molecule has 0 saturated heterocycles. The highest BCUT2D eigenvalue weighted by Gasteiger charge is 1.90. The molecule has 0 aliphatic heterocycles. The second kappa shape index (κ2) is 15.4. The molecule has 14 heavy (non-hydrogen) atoms. The molecule has 0 radical (unpaired) electrons. The minimum atomic E-state index is 1.17. The number of hydrogen-bond acceptors (Lipinski definition) is 2. The largest absolute Gasteiger partial charge is 0.320 e. The summed E-state index contributed by atoms with van der Waals surface area (Å²) in [5.41, 5.74) is 0. The van der Waals surface area contributed by atoms with Crippen LogP contribution in [-0.4, -0.2) is 39.1 Å². The van der Waals surface area contributed by atoms with Gasteiger partial charge in [-0.2, -0.15) is 0 Å². The molecule has 0 saturated carbocycles. The van der Waals surface area contributed by atoms with Crippen molar-refractivity contribution in [2.45, 2.75) is 46.0 Å². The molecule has 2 nitrogen and oxygen atoms in total. The van der Waals surface area contributed by atoms with Crippen LogP contribution < -0.4 is 5.32 Å². The topological polar surface area (TPSA) is 15.3 Å². The second-order valence-corrected chi connectivity index (χ2v) is 4.03. The van der Waals surface area contributed by atoms with Crippen molar-refractivity contribution in [2.75, 3.05) is 34.2 Å². The first-order chi connectivity index (χ1) is 6.68. The van der Waals surface area contributed by atoms with Crippen LogP contribution >= 0.6 is 0 Å². The van der Waals surface area contributed by atoms with Crippen LogP contribution in [0.5, 0.6) is 0 Å². The summed E-state index contributed by atoms with van der Waals surface area (Å²) in [6, 6.07) is 0. The Labute approximate surface area is 91.1 Å². The van der Waals surface area contributed by atoms with Crippen LogP contribution in [0.15, 0.2) is 0 Å². The zero-order valence-corrected chi connectivity index (χ0v) is 10.9. The van der Waals surface area contributed by atoms with Crippen molar-refractivity contribution >= 4 is 0 Å². The quantitative estimate of drug-likeness (QED) is 0.639. The highest BCUT2D eigenvalue weighted by Crippen LogP contribution is 1.98. The predicted octanol–water partition coefficient (Wildman–Crippen LogP) is 2.74. The Bertz CT molecular complexity index is 82.4. The lowest BCUT2D eigenvalue weighted by atomic mass is 10.2. The van der Waals surface area contributed by atoms with Gasteiger partial charge < -0.3 is 10.2 Å². The van der Waals surface area contributed by atoms with E-state index in [-0.39, 0.29) is 0 Å². The average molecular weight is 202 g/mol. The van der Waals surface area contributed by atoms with E-state index in [2.05, 4.69) is 38.2 Å². The van der Waals surface area contributed by atoms with E-state index in [1.54, 1.807) is 0 Å². The number of hydrogen-bond donors (Lipinski definition) is 1. The first kappa shape index (κ1) is 16.4. The minimum absolute atomic E-state index is 1.17. The van der Waals surface area contributed by atoms with Crippen LogP contribution in [0.2, 0.25) is 0 Å². The summed E-state index contributed by atoms with van der Waals surface area (Å²) in [7, 11) is 6.28. The standard InChI is InChI=1S/C9H22N2.C3H8/c1-10-8-6-4-5-7-9-11(2)3;1-3-2/h10H,4-9H2,1-3H3;3H2,1-2H3. The Hall–Kier alpha value is -0.0800. The van der Waals surface area contributed by atoms with E-state index in [0.717, 1.165) is 0 Å². The Morgan fingerprint density at radius 3 is 1.86 bits per heavy atom. The van der Waals surface area contributed by atoms with Gasteiger partial charge in [0.05, 0.1) is 0 Å². The number of unbranched alkanes of at least 4 members (excludes halogenated alkanes) is 3. The van der Waals surface area contributed by atoms with Crippen molar-refractivity contribution in [3.8, 4) is 0 Å². The maximum absolute atomic E-state index is 3.16. The van der Waals surface area contributed by atoms with E-state index in [1.807, 2.05) is 7.05 Å². The molecule has 0 amide bonds. The fourth-order valence-corrected chi connectivity index (χ4v) is 1.08. The molecule has 0 aromatic rings. The van der Waals surface area contributed by atoms with E-state index in [1.165, 1.54) is 45.2 Å². The highest BCUT2D eigenvalue weighted by atomic mass is 15.0. The van der Waals surface area contributed by atoms with Gasteiger partial charge in [-0.1, -0.05) is 33.1 Å². The first-order valence-corrected chi connectivity index (χ1v) is 5.98. The molecule has 0 aromatic carbocycles. The van der Waals surface area contributed by atoms with Crippen LogP contribution in [0.25, 0.3) is 0 Å². The number of rotatable bonds is 7. The van der Waals surface area contributed by atoms with Crippen molar-refractivity contribution in [2.24, 2.45) is 0 Å². The van der Waals surface area contributed by atoms with E-state index in [9.17, 15) is 0 Å². The van der Waals surface area contributed by atoms with E-state index < -0.39 is 0 Å². The Balaban J connectivity index is 0. The number of nitrogens with zero attached hydrogens (tertiary/aromatic N) is 1. The fourth-order valence-electron chi connectivity index (χ4n) is 1.08. The van der Waals surface area contributed by atoms with Gasteiger partial charge in [-0.25, -0.2) is 0 Å². The average Bonchev–Trinajstić information content (AvgIpc) is 2.12. The summed E-state index contributed by atoms with van der Waals surface area (Å²) >= 11 is 0. The third-order valence-corrected chi connectivity index (χ3v) is 1.78. The maximum Gasteiger partial charge on any atom is -0.00248 e. The van der Waals surface area contributed by atoms with Crippen LogP contribution in [0, 0.1) is 0 Å². The molecular weight excluding hydrogens is 172 g/mol.